The van der Waals surface area contributed by atoms with Gasteiger partial charge in [0, 0.05) is 31.1 Å². The van der Waals surface area contributed by atoms with E-state index < -0.39 is 10.0 Å². The van der Waals surface area contributed by atoms with E-state index in [0.717, 1.165) is 0 Å². The molecule has 1 aliphatic rings. The molecule has 21 heavy (non-hydrogen) atoms. The molecule has 0 aromatic heterocycles. The van der Waals surface area contributed by atoms with Gasteiger partial charge < -0.3 is 10.0 Å². The van der Waals surface area contributed by atoms with E-state index in [0.29, 0.717) is 31.1 Å². The standard InChI is InChI=1S/C13H18N2O4S2/c1-21(18,19)15-8-6-14(7-9-15)13(17)10-20-12-5-3-2-4-11(12)16/h2-5,16H,6-10H2,1H3. The van der Waals surface area contributed by atoms with E-state index in [9.17, 15) is 18.3 Å². The number of amides is 1. The molecule has 1 aliphatic heterocycles. The highest BCUT2D eigenvalue weighted by Crippen LogP contribution is 2.27. The molecule has 1 aromatic carbocycles. The lowest BCUT2D eigenvalue weighted by atomic mass is 10.3. The molecule has 1 fully saturated rings. The summed E-state index contributed by atoms with van der Waals surface area (Å²) in [6.45, 7) is 1.50. The number of hydrogen-bond donors (Lipinski definition) is 1. The molecular formula is C13H18N2O4S2. The van der Waals surface area contributed by atoms with Gasteiger partial charge in [-0.15, -0.1) is 11.8 Å². The summed E-state index contributed by atoms with van der Waals surface area (Å²) in [4.78, 5) is 14.4. The highest BCUT2D eigenvalue weighted by atomic mass is 32.2. The first-order chi connectivity index (χ1) is 9.88. The third-order valence-electron chi connectivity index (χ3n) is 3.28. The Kier molecular flexibility index (Phi) is 5.13. The van der Waals surface area contributed by atoms with Crippen LogP contribution in [0.15, 0.2) is 29.2 Å². The number of carbonyl (C=O) groups is 1. The fourth-order valence-corrected chi connectivity index (χ4v) is 3.76. The van der Waals surface area contributed by atoms with Crippen LogP contribution in [-0.2, 0) is 14.8 Å². The Morgan fingerprint density at radius 2 is 1.86 bits per heavy atom. The second kappa shape index (κ2) is 6.67. The highest BCUT2D eigenvalue weighted by molar-refractivity contribution is 8.00. The molecule has 0 atom stereocenters. The molecule has 0 spiro atoms. The third kappa shape index (κ3) is 4.36. The number of benzene rings is 1. The van der Waals surface area contributed by atoms with Gasteiger partial charge in [-0.25, -0.2) is 8.42 Å². The number of carbonyl (C=O) groups excluding carboxylic acids is 1. The van der Waals surface area contributed by atoms with Gasteiger partial charge in [0.1, 0.15) is 5.75 Å². The number of hydrogen-bond acceptors (Lipinski definition) is 5. The minimum absolute atomic E-state index is 0.0450. The Bertz CT molecular complexity index is 610. The Morgan fingerprint density at radius 1 is 1.24 bits per heavy atom. The van der Waals surface area contributed by atoms with Crippen molar-refractivity contribution >= 4 is 27.7 Å². The fraction of sp³-hybridized carbons (Fsp3) is 0.462. The summed E-state index contributed by atoms with van der Waals surface area (Å²) in [5.74, 6) is 0.352. The molecule has 0 aliphatic carbocycles. The van der Waals surface area contributed by atoms with Gasteiger partial charge in [-0.2, -0.15) is 4.31 Å². The lowest BCUT2D eigenvalue weighted by Crippen LogP contribution is -2.50. The average molecular weight is 330 g/mol. The van der Waals surface area contributed by atoms with Crippen molar-refractivity contribution in [3.8, 4) is 5.75 Å². The van der Waals surface area contributed by atoms with E-state index in [1.54, 1.807) is 29.2 Å². The summed E-state index contributed by atoms with van der Waals surface area (Å²) in [5.41, 5.74) is 0. The number of sulfonamides is 1. The average Bonchev–Trinajstić information content (AvgIpc) is 2.45. The summed E-state index contributed by atoms with van der Waals surface area (Å²) in [7, 11) is -3.18. The maximum atomic E-state index is 12.1. The zero-order valence-electron chi connectivity index (χ0n) is 11.7. The van der Waals surface area contributed by atoms with Gasteiger partial charge in [0.25, 0.3) is 0 Å². The molecular weight excluding hydrogens is 312 g/mol. The monoisotopic (exact) mass is 330 g/mol. The van der Waals surface area contributed by atoms with Crippen molar-refractivity contribution in [2.75, 3.05) is 38.2 Å². The molecule has 2 rings (SSSR count). The van der Waals surface area contributed by atoms with Crippen molar-refractivity contribution in [2.45, 2.75) is 4.90 Å². The van der Waals surface area contributed by atoms with E-state index in [4.69, 9.17) is 0 Å². The van der Waals surface area contributed by atoms with Gasteiger partial charge in [-0.1, -0.05) is 12.1 Å². The molecule has 0 radical (unpaired) electrons. The molecule has 116 valence electrons. The summed E-state index contributed by atoms with van der Waals surface area (Å²) < 4.78 is 24.2. The van der Waals surface area contributed by atoms with Crippen molar-refractivity contribution in [3.05, 3.63) is 24.3 Å². The van der Waals surface area contributed by atoms with Crippen LogP contribution in [0.2, 0.25) is 0 Å². The maximum absolute atomic E-state index is 12.1. The zero-order valence-corrected chi connectivity index (χ0v) is 13.4. The largest absolute Gasteiger partial charge is 0.507 e. The predicted octanol–water partition coefficient (Wildman–Crippen LogP) is 0.588. The number of para-hydroxylation sites is 1. The summed E-state index contributed by atoms with van der Waals surface area (Å²) >= 11 is 1.28. The Hall–Kier alpha value is -1.25. The van der Waals surface area contributed by atoms with Gasteiger partial charge in [0.05, 0.1) is 12.0 Å². The van der Waals surface area contributed by atoms with Crippen LogP contribution in [0.5, 0.6) is 5.75 Å². The van der Waals surface area contributed by atoms with E-state index >= 15 is 0 Å². The fourth-order valence-electron chi connectivity index (χ4n) is 2.08. The van der Waals surface area contributed by atoms with Crippen LogP contribution >= 0.6 is 11.8 Å². The second-order valence-electron chi connectivity index (χ2n) is 4.80. The van der Waals surface area contributed by atoms with Gasteiger partial charge in [0.15, 0.2) is 0 Å². The van der Waals surface area contributed by atoms with Crippen molar-refractivity contribution in [3.63, 3.8) is 0 Å². The van der Waals surface area contributed by atoms with E-state index in [1.165, 1.54) is 22.3 Å². The summed E-state index contributed by atoms with van der Waals surface area (Å²) in [5, 5.41) is 9.64. The van der Waals surface area contributed by atoms with Crippen LogP contribution in [0.25, 0.3) is 0 Å². The second-order valence-corrected chi connectivity index (χ2v) is 7.80. The molecule has 1 aromatic rings. The highest BCUT2D eigenvalue weighted by Gasteiger charge is 2.25. The van der Waals surface area contributed by atoms with Crippen molar-refractivity contribution < 1.29 is 18.3 Å². The first kappa shape index (κ1) is 16.1. The molecule has 1 amide bonds. The quantitative estimate of drug-likeness (QED) is 0.818. The molecule has 0 saturated carbocycles. The predicted molar refractivity (Wildman–Crippen MR) is 81.8 cm³/mol. The van der Waals surface area contributed by atoms with E-state index in [1.807, 2.05) is 0 Å². The molecule has 1 N–H and O–H groups in total. The third-order valence-corrected chi connectivity index (χ3v) is 5.63. The normalized spacial score (nSPS) is 16.9. The lowest BCUT2D eigenvalue weighted by molar-refractivity contribution is -0.129. The van der Waals surface area contributed by atoms with Crippen molar-refractivity contribution in [2.24, 2.45) is 0 Å². The van der Waals surface area contributed by atoms with Gasteiger partial charge >= 0.3 is 0 Å². The number of piperazine rings is 1. The smallest absolute Gasteiger partial charge is 0.233 e. The van der Waals surface area contributed by atoms with Crippen LogP contribution in [0.3, 0.4) is 0 Å². The van der Waals surface area contributed by atoms with Crippen LogP contribution in [0, 0.1) is 0 Å². The first-order valence-corrected chi connectivity index (χ1v) is 9.35. The van der Waals surface area contributed by atoms with Crippen molar-refractivity contribution in [1.82, 2.24) is 9.21 Å². The van der Waals surface area contributed by atoms with Crippen LogP contribution in [0.4, 0.5) is 0 Å². The zero-order chi connectivity index (χ0) is 15.5. The minimum Gasteiger partial charge on any atom is -0.507 e. The number of rotatable bonds is 4. The van der Waals surface area contributed by atoms with Gasteiger partial charge in [0.2, 0.25) is 15.9 Å². The topological polar surface area (TPSA) is 77.9 Å². The SMILES string of the molecule is CS(=O)(=O)N1CCN(C(=O)CSc2ccccc2O)CC1. The molecule has 0 unspecified atom stereocenters. The summed E-state index contributed by atoms with van der Waals surface area (Å²) in [6, 6.07) is 6.87. The molecule has 8 heteroatoms. The Morgan fingerprint density at radius 3 is 2.43 bits per heavy atom. The van der Waals surface area contributed by atoms with E-state index in [2.05, 4.69) is 0 Å². The first-order valence-electron chi connectivity index (χ1n) is 6.51. The Labute approximate surface area is 128 Å². The maximum Gasteiger partial charge on any atom is 0.233 e. The number of thioether (sulfide) groups is 1. The van der Waals surface area contributed by atoms with Gasteiger partial charge in [-0.05, 0) is 12.1 Å². The van der Waals surface area contributed by atoms with Crippen LogP contribution in [-0.4, -0.2) is 66.8 Å². The van der Waals surface area contributed by atoms with Crippen LogP contribution in [0.1, 0.15) is 0 Å². The van der Waals surface area contributed by atoms with Crippen LogP contribution < -0.4 is 0 Å². The number of phenols is 1. The van der Waals surface area contributed by atoms with E-state index in [-0.39, 0.29) is 17.4 Å². The summed E-state index contributed by atoms with van der Waals surface area (Å²) in [6.07, 6.45) is 1.18. The number of aromatic hydroxyl groups is 1. The lowest BCUT2D eigenvalue weighted by Gasteiger charge is -2.33. The number of nitrogens with zero attached hydrogens (tertiary/aromatic N) is 2. The minimum atomic E-state index is -3.18. The molecule has 1 saturated heterocycles. The molecule has 1 heterocycles. The van der Waals surface area contributed by atoms with Crippen molar-refractivity contribution in [1.29, 1.82) is 0 Å². The van der Waals surface area contributed by atoms with Gasteiger partial charge in [-0.3, -0.25) is 4.79 Å². The molecule has 6 nitrogen and oxygen atoms in total. The Balaban J connectivity index is 1.84. The number of phenolic OH excluding ortho intramolecular Hbond substituents is 1. The molecule has 0 bridgehead atoms.